The van der Waals surface area contributed by atoms with Crippen LogP contribution in [0.3, 0.4) is 0 Å². The predicted molar refractivity (Wildman–Crippen MR) is 126 cm³/mol. The van der Waals surface area contributed by atoms with E-state index >= 15 is 0 Å². The molecule has 2 heterocycles. The maximum atomic E-state index is 12.9. The van der Waals surface area contributed by atoms with Gasteiger partial charge in [0.15, 0.2) is 11.5 Å². The standard InChI is InChI=1S/C24H37N3O5S/c1-2-26-14-11-20(12-15-26)27(19-7-8-19)24(28)6-4-3-5-13-25-33(29,30)21-9-10-22-23(18-21)32-17-16-31-22/h9-10,18-20,25H,2-8,11-17H2,1H3. The number of carbonyl (C=O) groups is 1. The number of unbranched alkanes of at least 4 members (excludes halogenated alkanes) is 2. The molecule has 2 aliphatic heterocycles. The third-order valence-electron chi connectivity index (χ3n) is 6.81. The summed E-state index contributed by atoms with van der Waals surface area (Å²) in [4.78, 5) is 17.8. The van der Waals surface area contributed by atoms with Crippen molar-refractivity contribution in [3.8, 4) is 11.5 Å². The third-order valence-corrected chi connectivity index (χ3v) is 8.27. The Balaban J connectivity index is 1.17. The Morgan fingerprint density at radius 3 is 2.42 bits per heavy atom. The average molecular weight is 480 g/mol. The second kappa shape index (κ2) is 11.1. The number of nitrogens with one attached hydrogen (secondary N) is 1. The SMILES string of the molecule is CCN1CCC(N(C(=O)CCCCCNS(=O)(=O)c2ccc3c(c2)OCCO3)C2CC2)CC1. The normalized spacial score (nSPS) is 19.4. The van der Waals surface area contributed by atoms with Crippen LogP contribution in [0.1, 0.15) is 58.3 Å². The molecule has 4 rings (SSSR count). The molecule has 9 heteroatoms. The molecule has 0 aromatic heterocycles. The highest BCUT2D eigenvalue weighted by Crippen LogP contribution is 2.33. The van der Waals surface area contributed by atoms with Gasteiger partial charge in [-0.2, -0.15) is 0 Å². The zero-order valence-electron chi connectivity index (χ0n) is 19.6. The number of fused-ring (bicyclic) bond motifs is 1. The minimum atomic E-state index is -3.60. The molecule has 1 saturated carbocycles. The van der Waals surface area contributed by atoms with Gasteiger partial charge >= 0.3 is 0 Å². The van der Waals surface area contributed by atoms with E-state index in [1.807, 2.05) is 0 Å². The van der Waals surface area contributed by atoms with E-state index in [9.17, 15) is 13.2 Å². The van der Waals surface area contributed by atoms with Crippen molar-refractivity contribution in [2.45, 2.75) is 75.3 Å². The highest BCUT2D eigenvalue weighted by Gasteiger charge is 2.37. The van der Waals surface area contributed by atoms with E-state index in [0.29, 0.717) is 56.2 Å². The van der Waals surface area contributed by atoms with Gasteiger partial charge in [0.05, 0.1) is 4.90 Å². The lowest BCUT2D eigenvalue weighted by Gasteiger charge is -2.38. The summed E-state index contributed by atoms with van der Waals surface area (Å²) in [6.07, 6.45) is 7.32. The van der Waals surface area contributed by atoms with Crippen LogP contribution >= 0.6 is 0 Å². The van der Waals surface area contributed by atoms with Gasteiger partial charge in [0.1, 0.15) is 13.2 Å². The fourth-order valence-corrected chi connectivity index (χ4v) is 5.85. The van der Waals surface area contributed by atoms with Crippen molar-refractivity contribution in [3.63, 3.8) is 0 Å². The predicted octanol–water partition coefficient (Wildman–Crippen LogP) is 2.77. The summed E-state index contributed by atoms with van der Waals surface area (Å²) >= 11 is 0. The Morgan fingerprint density at radius 2 is 1.73 bits per heavy atom. The zero-order chi connectivity index (χ0) is 23.3. The van der Waals surface area contributed by atoms with Gasteiger partial charge in [0.2, 0.25) is 15.9 Å². The number of piperidine rings is 1. The highest BCUT2D eigenvalue weighted by atomic mass is 32.2. The number of carbonyl (C=O) groups excluding carboxylic acids is 1. The molecule has 0 radical (unpaired) electrons. The van der Waals surface area contributed by atoms with Crippen LogP contribution in [0.5, 0.6) is 11.5 Å². The number of amides is 1. The molecule has 184 valence electrons. The van der Waals surface area contributed by atoms with Crippen molar-refractivity contribution in [3.05, 3.63) is 18.2 Å². The van der Waals surface area contributed by atoms with Gasteiger partial charge in [0, 0.05) is 44.2 Å². The molecule has 1 aromatic carbocycles. The molecule has 0 unspecified atom stereocenters. The Kier molecular flexibility index (Phi) is 8.14. The first-order valence-corrected chi connectivity index (χ1v) is 13.9. The molecule has 2 fully saturated rings. The van der Waals surface area contributed by atoms with Crippen LogP contribution in [-0.2, 0) is 14.8 Å². The topological polar surface area (TPSA) is 88.2 Å². The lowest BCUT2D eigenvalue weighted by Crippen LogP contribution is -2.48. The van der Waals surface area contributed by atoms with E-state index < -0.39 is 10.0 Å². The van der Waals surface area contributed by atoms with E-state index in [-0.39, 0.29) is 10.8 Å². The first-order chi connectivity index (χ1) is 16.0. The lowest BCUT2D eigenvalue weighted by molar-refractivity contribution is -0.135. The Morgan fingerprint density at radius 1 is 1.03 bits per heavy atom. The minimum Gasteiger partial charge on any atom is -0.486 e. The van der Waals surface area contributed by atoms with Crippen LogP contribution in [-0.4, -0.2) is 75.6 Å². The monoisotopic (exact) mass is 479 g/mol. The number of ether oxygens (including phenoxy) is 2. The fourth-order valence-electron chi connectivity index (χ4n) is 4.76. The van der Waals surface area contributed by atoms with E-state index in [0.717, 1.165) is 58.2 Å². The summed E-state index contributed by atoms with van der Waals surface area (Å²) < 4.78 is 38.7. The van der Waals surface area contributed by atoms with Crippen LogP contribution in [0.2, 0.25) is 0 Å². The summed E-state index contributed by atoms with van der Waals surface area (Å²) in [5.74, 6) is 1.31. The van der Waals surface area contributed by atoms with Crippen molar-refractivity contribution in [1.82, 2.24) is 14.5 Å². The summed E-state index contributed by atoms with van der Waals surface area (Å²) in [6, 6.07) is 5.52. The van der Waals surface area contributed by atoms with Crippen LogP contribution in [0, 0.1) is 0 Å². The van der Waals surface area contributed by atoms with Gasteiger partial charge in [-0.05, 0) is 57.2 Å². The number of rotatable bonds is 11. The molecular weight excluding hydrogens is 442 g/mol. The molecule has 0 bridgehead atoms. The average Bonchev–Trinajstić information content (AvgIpc) is 3.66. The van der Waals surface area contributed by atoms with E-state index in [1.54, 1.807) is 6.07 Å². The molecule has 1 aliphatic carbocycles. The molecule has 1 saturated heterocycles. The summed E-state index contributed by atoms with van der Waals surface area (Å²) in [5.41, 5.74) is 0. The molecule has 1 amide bonds. The molecule has 1 N–H and O–H groups in total. The number of benzene rings is 1. The van der Waals surface area contributed by atoms with Gasteiger partial charge < -0.3 is 19.3 Å². The number of nitrogens with zero attached hydrogens (tertiary/aromatic N) is 2. The second-order valence-electron chi connectivity index (χ2n) is 9.21. The molecular formula is C24H37N3O5S. The number of hydrogen-bond donors (Lipinski definition) is 1. The number of sulfonamides is 1. The van der Waals surface area contributed by atoms with Gasteiger partial charge in [-0.1, -0.05) is 13.3 Å². The van der Waals surface area contributed by atoms with Crippen LogP contribution in [0.4, 0.5) is 0 Å². The van der Waals surface area contributed by atoms with Gasteiger partial charge in [-0.25, -0.2) is 13.1 Å². The van der Waals surface area contributed by atoms with Crippen molar-refractivity contribution >= 4 is 15.9 Å². The minimum absolute atomic E-state index is 0.177. The van der Waals surface area contributed by atoms with Crippen molar-refractivity contribution in [2.75, 3.05) is 39.4 Å². The van der Waals surface area contributed by atoms with Crippen LogP contribution < -0.4 is 14.2 Å². The van der Waals surface area contributed by atoms with Gasteiger partial charge in [-0.3, -0.25) is 4.79 Å². The maximum absolute atomic E-state index is 12.9. The molecule has 33 heavy (non-hydrogen) atoms. The number of hydrogen-bond acceptors (Lipinski definition) is 6. The quantitative estimate of drug-likeness (QED) is 0.491. The first-order valence-electron chi connectivity index (χ1n) is 12.4. The van der Waals surface area contributed by atoms with Crippen LogP contribution in [0.15, 0.2) is 23.1 Å². The molecule has 0 spiro atoms. The van der Waals surface area contributed by atoms with Crippen molar-refractivity contribution in [1.29, 1.82) is 0 Å². The number of likely N-dealkylation sites (tertiary alicyclic amines) is 1. The van der Waals surface area contributed by atoms with Gasteiger partial charge in [-0.15, -0.1) is 0 Å². The molecule has 8 nitrogen and oxygen atoms in total. The molecule has 0 atom stereocenters. The first kappa shape index (κ1) is 24.3. The van der Waals surface area contributed by atoms with Crippen LogP contribution in [0.25, 0.3) is 0 Å². The van der Waals surface area contributed by atoms with Crippen molar-refractivity contribution < 1.29 is 22.7 Å². The zero-order valence-corrected chi connectivity index (χ0v) is 20.4. The second-order valence-corrected chi connectivity index (χ2v) is 11.0. The molecule has 3 aliphatic rings. The molecule has 1 aromatic rings. The summed E-state index contributed by atoms with van der Waals surface area (Å²) in [7, 11) is -3.60. The summed E-state index contributed by atoms with van der Waals surface area (Å²) in [5, 5.41) is 0. The fraction of sp³-hybridized carbons (Fsp3) is 0.708. The maximum Gasteiger partial charge on any atom is 0.240 e. The van der Waals surface area contributed by atoms with E-state index in [1.165, 1.54) is 12.1 Å². The largest absolute Gasteiger partial charge is 0.486 e. The highest BCUT2D eigenvalue weighted by molar-refractivity contribution is 7.89. The summed E-state index contributed by atoms with van der Waals surface area (Å²) in [6.45, 7) is 6.69. The third kappa shape index (κ3) is 6.39. The lowest BCUT2D eigenvalue weighted by atomic mass is 10.0. The smallest absolute Gasteiger partial charge is 0.240 e. The van der Waals surface area contributed by atoms with Crippen molar-refractivity contribution in [2.24, 2.45) is 0 Å². The Labute approximate surface area is 197 Å². The Bertz CT molecular complexity index is 911. The van der Waals surface area contributed by atoms with E-state index in [4.69, 9.17) is 9.47 Å². The van der Waals surface area contributed by atoms with E-state index in [2.05, 4.69) is 21.4 Å². The Hall–Kier alpha value is -1.84. The van der Waals surface area contributed by atoms with Gasteiger partial charge in [0.25, 0.3) is 0 Å².